The van der Waals surface area contributed by atoms with Gasteiger partial charge in [0.15, 0.2) is 0 Å². The van der Waals surface area contributed by atoms with Gasteiger partial charge in [-0.25, -0.2) is 0 Å². The molecule has 0 saturated heterocycles. The van der Waals surface area contributed by atoms with E-state index in [4.69, 9.17) is 0 Å². The minimum absolute atomic E-state index is 1.18. The fourth-order valence-electron chi connectivity index (χ4n) is 5.43. The van der Waals surface area contributed by atoms with Crippen molar-refractivity contribution in [3.63, 3.8) is 0 Å². The van der Waals surface area contributed by atoms with Gasteiger partial charge in [-0.05, 0) is 47.5 Å². The Labute approximate surface area is 193 Å². The summed E-state index contributed by atoms with van der Waals surface area (Å²) in [5.41, 5.74) is 11.2. The van der Waals surface area contributed by atoms with E-state index in [1.807, 2.05) is 0 Å². The highest BCUT2D eigenvalue weighted by molar-refractivity contribution is 6.14. The smallest absolute Gasteiger partial charge is 0.0548 e. The SMILES string of the molecule is CN1c2ccccc2-c2ccccc2-c2cc3c(cc21)c1ccccc1n3-c1ccccc1. The molecule has 0 amide bonds. The zero-order chi connectivity index (χ0) is 21.9. The van der Waals surface area contributed by atoms with Gasteiger partial charge in [0.1, 0.15) is 0 Å². The number of rotatable bonds is 1. The van der Waals surface area contributed by atoms with Crippen LogP contribution in [0.25, 0.3) is 49.7 Å². The standard InChI is InChI=1S/C31H22N2/c1-32-28-17-9-7-15-24(28)22-13-5-6-14-23(22)26-20-31-27(19-30(26)32)25-16-8-10-18-29(25)33(31)21-11-3-2-4-12-21/h2-20H,1H3. The predicted octanol–water partition coefficient (Wildman–Crippen LogP) is 8.20. The van der Waals surface area contributed by atoms with Crippen LogP contribution in [0.1, 0.15) is 0 Å². The van der Waals surface area contributed by atoms with Crippen molar-refractivity contribution in [2.24, 2.45) is 0 Å². The summed E-state index contributed by atoms with van der Waals surface area (Å²) in [4.78, 5) is 2.35. The number of anilines is 2. The Hall–Kier alpha value is -4.30. The zero-order valence-electron chi connectivity index (χ0n) is 18.4. The molecule has 0 atom stereocenters. The second-order valence-electron chi connectivity index (χ2n) is 8.70. The quantitative estimate of drug-likeness (QED) is 0.259. The number of nitrogens with zero attached hydrogens (tertiary/aromatic N) is 2. The van der Waals surface area contributed by atoms with Crippen LogP contribution in [0.4, 0.5) is 11.4 Å². The van der Waals surface area contributed by atoms with Crippen LogP contribution >= 0.6 is 0 Å². The minimum atomic E-state index is 1.18. The third-order valence-corrected chi connectivity index (χ3v) is 6.94. The molecule has 33 heavy (non-hydrogen) atoms. The van der Waals surface area contributed by atoms with E-state index in [1.54, 1.807) is 0 Å². The molecule has 1 aliphatic rings. The molecule has 0 bridgehead atoms. The highest BCUT2D eigenvalue weighted by Crippen LogP contribution is 2.49. The highest BCUT2D eigenvalue weighted by atomic mass is 15.1. The average Bonchev–Trinajstić information content (AvgIpc) is 3.16. The van der Waals surface area contributed by atoms with Crippen molar-refractivity contribution in [3.8, 4) is 27.9 Å². The van der Waals surface area contributed by atoms with Gasteiger partial charge in [0.25, 0.3) is 0 Å². The minimum Gasteiger partial charge on any atom is -0.344 e. The van der Waals surface area contributed by atoms with E-state index in [1.165, 1.54) is 61.1 Å². The molecule has 2 heterocycles. The van der Waals surface area contributed by atoms with Crippen LogP contribution in [0.3, 0.4) is 0 Å². The lowest BCUT2D eigenvalue weighted by atomic mass is 9.94. The first-order valence-corrected chi connectivity index (χ1v) is 11.4. The summed E-state index contributed by atoms with van der Waals surface area (Å²) < 4.78 is 2.39. The molecule has 156 valence electrons. The summed E-state index contributed by atoms with van der Waals surface area (Å²) in [6.07, 6.45) is 0. The molecule has 1 aliphatic heterocycles. The number of hydrogen-bond acceptors (Lipinski definition) is 1. The van der Waals surface area contributed by atoms with E-state index in [0.29, 0.717) is 0 Å². The van der Waals surface area contributed by atoms with Crippen molar-refractivity contribution in [1.82, 2.24) is 4.57 Å². The van der Waals surface area contributed by atoms with Crippen LogP contribution in [0.15, 0.2) is 115 Å². The summed E-state index contributed by atoms with van der Waals surface area (Å²) in [7, 11) is 2.19. The molecule has 0 fully saturated rings. The number of benzene rings is 5. The van der Waals surface area contributed by atoms with E-state index in [0.717, 1.165) is 0 Å². The van der Waals surface area contributed by atoms with Crippen LogP contribution in [0, 0.1) is 0 Å². The molecule has 2 heteroatoms. The largest absolute Gasteiger partial charge is 0.344 e. The Balaban J connectivity index is 1.65. The molecule has 0 spiro atoms. The van der Waals surface area contributed by atoms with Crippen LogP contribution in [0.2, 0.25) is 0 Å². The van der Waals surface area contributed by atoms with Gasteiger partial charge in [0, 0.05) is 46.0 Å². The first-order valence-electron chi connectivity index (χ1n) is 11.4. The molecule has 6 aromatic rings. The lowest BCUT2D eigenvalue weighted by molar-refractivity contribution is 1.18. The second-order valence-corrected chi connectivity index (χ2v) is 8.70. The van der Waals surface area contributed by atoms with Crippen molar-refractivity contribution >= 4 is 33.2 Å². The summed E-state index contributed by atoms with van der Waals surface area (Å²) in [6, 6.07) is 41.7. The summed E-state index contributed by atoms with van der Waals surface area (Å²) in [5, 5.41) is 2.55. The Kier molecular flexibility index (Phi) is 3.80. The third kappa shape index (κ3) is 2.55. The molecular formula is C31H22N2. The molecule has 0 aliphatic carbocycles. The highest BCUT2D eigenvalue weighted by Gasteiger charge is 2.24. The summed E-state index contributed by atoms with van der Waals surface area (Å²) in [5.74, 6) is 0. The topological polar surface area (TPSA) is 8.17 Å². The van der Waals surface area contributed by atoms with Gasteiger partial charge < -0.3 is 9.47 Å². The van der Waals surface area contributed by atoms with Crippen LogP contribution < -0.4 is 4.90 Å². The Morgan fingerprint density at radius 3 is 1.91 bits per heavy atom. The maximum absolute atomic E-state index is 2.39. The lowest BCUT2D eigenvalue weighted by Gasteiger charge is -2.22. The van der Waals surface area contributed by atoms with Crippen molar-refractivity contribution in [2.45, 2.75) is 0 Å². The molecular weight excluding hydrogens is 400 g/mol. The molecule has 1 aromatic heterocycles. The average molecular weight is 423 g/mol. The molecule has 2 nitrogen and oxygen atoms in total. The fraction of sp³-hybridized carbons (Fsp3) is 0.0323. The second kappa shape index (κ2) is 6.85. The van der Waals surface area contributed by atoms with E-state index >= 15 is 0 Å². The van der Waals surface area contributed by atoms with Gasteiger partial charge in [-0.2, -0.15) is 0 Å². The lowest BCUT2D eigenvalue weighted by Crippen LogP contribution is -2.10. The van der Waals surface area contributed by atoms with E-state index in [9.17, 15) is 0 Å². The van der Waals surface area contributed by atoms with Gasteiger partial charge in [0.05, 0.1) is 11.0 Å². The Bertz CT molecular complexity index is 1670. The summed E-state index contributed by atoms with van der Waals surface area (Å²) in [6.45, 7) is 0. The van der Waals surface area contributed by atoms with Crippen molar-refractivity contribution < 1.29 is 0 Å². The van der Waals surface area contributed by atoms with E-state index in [-0.39, 0.29) is 0 Å². The van der Waals surface area contributed by atoms with Gasteiger partial charge in [0.2, 0.25) is 0 Å². The van der Waals surface area contributed by atoms with E-state index < -0.39 is 0 Å². The third-order valence-electron chi connectivity index (χ3n) is 6.94. The van der Waals surface area contributed by atoms with E-state index in [2.05, 4.69) is 132 Å². The number of para-hydroxylation sites is 3. The molecule has 7 rings (SSSR count). The Morgan fingerprint density at radius 2 is 1.09 bits per heavy atom. The van der Waals surface area contributed by atoms with Gasteiger partial charge in [-0.15, -0.1) is 0 Å². The normalized spacial score (nSPS) is 12.3. The maximum atomic E-state index is 2.39. The van der Waals surface area contributed by atoms with Crippen LogP contribution in [-0.2, 0) is 0 Å². The molecule has 0 N–H and O–H groups in total. The number of hydrogen-bond donors (Lipinski definition) is 0. The summed E-state index contributed by atoms with van der Waals surface area (Å²) >= 11 is 0. The number of aromatic nitrogens is 1. The van der Waals surface area contributed by atoms with Gasteiger partial charge >= 0.3 is 0 Å². The van der Waals surface area contributed by atoms with Crippen LogP contribution in [-0.4, -0.2) is 11.6 Å². The van der Waals surface area contributed by atoms with Crippen LogP contribution in [0.5, 0.6) is 0 Å². The molecule has 5 aromatic carbocycles. The predicted molar refractivity (Wildman–Crippen MR) is 140 cm³/mol. The van der Waals surface area contributed by atoms with Gasteiger partial charge in [-0.1, -0.05) is 78.9 Å². The zero-order valence-corrected chi connectivity index (χ0v) is 18.4. The van der Waals surface area contributed by atoms with Crippen molar-refractivity contribution in [1.29, 1.82) is 0 Å². The maximum Gasteiger partial charge on any atom is 0.0548 e. The number of fused-ring (bicyclic) bond motifs is 8. The fourth-order valence-corrected chi connectivity index (χ4v) is 5.43. The van der Waals surface area contributed by atoms with Gasteiger partial charge in [-0.3, -0.25) is 0 Å². The molecule has 0 unspecified atom stereocenters. The van der Waals surface area contributed by atoms with Crippen molar-refractivity contribution in [3.05, 3.63) is 115 Å². The molecule has 0 radical (unpaired) electrons. The first-order chi connectivity index (χ1) is 16.3. The van der Waals surface area contributed by atoms with Crippen molar-refractivity contribution in [2.75, 3.05) is 11.9 Å². The monoisotopic (exact) mass is 422 g/mol. The molecule has 0 saturated carbocycles. The Morgan fingerprint density at radius 1 is 0.455 bits per heavy atom. The first kappa shape index (κ1) is 18.3.